The Hall–Kier alpha value is -5.16. The van der Waals surface area contributed by atoms with Crippen LogP contribution >= 0.6 is 0 Å². The molecule has 0 aromatic heterocycles. The van der Waals surface area contributed by atoms with Crippen molar-refractivity contribution in [3.05, 3.63) is 178 Å². The van der Waals surface area contributed by atoms with E-state index in [0.717, 1.165) is 21.5 Å². The second kappa shape index (κ2) is 8.67. The summed E-state index contributed by atoms with van der Waals surface area (Å²) in [5.41, 5.74) is -1.89. The van der Waals surface area contributed by atoms with Gasteiger partial charge in [0.15, 0.2) is 11.6 Å². The van der Waals surface area contributed by atoms with Gasteiger partial charge in [0.05, 0.1) is 11.1 Å². The van der Waals surface area contributed by atoms with Crippen molar-refractivity contribution < 1.29 is 19.8 Å². The van der Waals surface area contributed by atoms with Crippen LogP contribution in [0.15, 0.2) is 145 Å². The van der Waals surface area contributed by atoms with Gasteiger partial charge in [-0.25, -0.2) is 0 Å². The van der Waals surface area contributed by atoms with E-state index in [-0.39, 0.29) is 11.1 Å². The van der Waals surface area contributed by atoms with Gasteiger partial charge in [-0.15, -0.1) is 0 Å². The number of hydrogen-bond acceptors (Lipinski definition) is 4. The summed E-state index contributed by atoms with van der Waals surface area (Å²) in [6.07, 6.45) is 0. The van der Waals surface area contributed by atoms with Crippen LogP contribution < -0.4 is 0 Å². The molecule has 6 aromatic carbocycles. The van der Waals surface area contributed by atoms with Crippen molar-refractivity contribution in [1.82, 2.24) is 0 Å². The average Bonchev–Trinajstić information content (AvgIpc) is 3.40. The van der Waals surface area contributed by atoms with Crippen molar-refractivity contribution in [2.45, 2.75) is 11.2 Å². The second-order valence-corrected chi connectivity index (χ2v) is 11.0. The molecule has 2 N–H and O–H groups in total. The van der Waals surface area contributed by atoms with E-state index in [1.807, 2.05) is 72.8 Å². The molecule has 2 unspecified atom stereocenters. The highest BCUT2D eigenvalue weighted by Gasteiger charge is 2.58. The Labute approximate surface area is 241 Å². The summed E-state index contributed by atoms with van der Waals surface area (Å²) in [5.74, 6) is -0.952. The highest BCUT2D eigenvalue weighted by molar-refractivity contribution is 6.26. The molecule has 0 bridgehead atoms. The van der Waals surface area contributed by atoms with E-state index in [4.69, 9.17) is 0 Å². The van der Waals surface area contributed by atoms with Crippen molar-refractivity contribution in [1.29, 1.82) is 0 Å². The summed E-state index contributed by atoms with van der Waals surface area (Å²) in [4.78, 5) is 29.0. The van der Waals surface area contributed by atoms with Gasteiger partial charge in [0, 0.05) is 33.4 Å². The van der Waals surface area contributed by atoms with E-state index in [1.165, 1.54) is 0 Å². The molecular formula is C38H24O4. The maximum absolute atomic E-state index is 14.5. The molecule has 2 aliphatic carbocycles. The summed E-state index contributed by atoms with van der Waals surface area (Å²) in [6, 6.07) is 40.3. The molecule has 8 rings (SSSR count). The Morgan fingerprint density at radius 3 is 1.17 bits per heavy atom. The lowest BCUT2D eigenvalue weighted by atomic mass is 9.74. The van der Waals surface area contributed by atoms with Crippen LogP contribution in [0.5, 0.6) is 0 Å². The fraction of sp³-hybridized carbons (Fsp3) is 0.0526. The zero-order valence-electron chi connectivity index (χ0n) is 22.4. The molecule has 4 heteroatoms. The minimum absolute atomic E-state index is 0.114. The Kier molecular flexibility index (Phi) is 5.08. The third-order valence-corrected chi connectivity index (χ3v) is 8.91. The zero-order valence-corrected chi connectivity index (χ0v) is 22.4. The number of hydrogen-bond donors (Lipinski definition) is 2. The topological polar surface area (TPSA) is 74.6 Å². The van der Waals surface area contributed by atoms with Crippen molar-refractivity contribution >= 4 is 33.1 Å². The second-order valence-electron chi connectivity index (χ2n) is 11.0. The van der Waals surface area contributed by atoms with Crippen LogP contribution in [0.4, 0.5) is 0 Å². The number of ketones is 2. The number of aliphatic hydroxyl groups is 2. The standard InChI is InChI=1S/C38H24O4/c39-35-27-17-5-7-19-31(27)37(41,29-21-9-13-23-11-1-3-15-25(23)29)33(35)34-36(40)28-18-6-8-20-32(28)38(34,42)30-22-10-14-24-12-2-4-16-26(24)30/h1-22,41-42H/b34-33+. The summed E-state index contributed by atoms with van der Waals surface area (Å²) in [6.45, 7) is 0. The van der Waals surface area contributed by atoms with Crippen LogP contribution in [0.25, 0.3) is 21.5 Å². The highest BCUT2D eigenvalue weighted by Crippen LogP contribution is 2.56. The van der Waals surface area contributed by atoms with Gasteiger partial charge in [-0.3, -0.25) is 9.59 Å². The summed E-state index contributed by atoms with van der Waals surface area (Å²) >= 11 is 0. The summed E-state index contributed by atoms with van der Waals surface area (Å²) < 4.78 is 0. The van der Waals surface area contributed by atoms with Crippen LogP contribution in [0, 0.1) is 0 Å². The van der Waals surface area contributed by atoms with Crippen molar-refractivity contribution in [3.63, 3.8) is 0 Å². The molecule has 0 spiro atoms. The molecule has 0 heterocycles. The molecule has 0 amide bonds. The smallest absolute Gasteiger partial charge is 0.193 e. The lowest BCUT2D eigenvalue weighted by molar-refractivity contribution is 0.0809. The van der Waals surface area contributed by atoms with E-state index < -0.39 is 22.8 Å². The molecule has 6 aromatic rings. The van der Waals surface area contributed by atoms with Crippen LogP contribution in [-0.4, -0.2) is 21.8 Å². The molecule has 0 aliphatic heterocycles. The van der Waals surface area contributed by atoms with Gasteiger partial charge in [0.2, 0.25) is 0 Å². The molecule has 0 radical (unpaired) electrons. The van der Waals surface area contributed by atoms with Crippen LogP contribution in [0.2, 0.25) is 0 Å². The Balaban J connectivity index is 1.56. The van der Waals surface area contributed by atoms with Crippen molar-refractivity contribution in [3.8, 4) is 0 Å². The fourth-order valence-electron chi connectivity index (χ4n) is 7.09. The predicted octanol–water partition coefficient (Wildman–Crippen LogP) is 6.85. The monoisotopic (exact) mass is 544 g/mol. The highest BCUT2D eigenvalue weighted by atomic mass is 16.3. The largest absolute Gasteiger partial charge is 0.376 e. The zero-order chi connectivity index (χ0) is 28.6. The molecular weight excluding hydrogens is 520 g/mol. The number of fused-ring (bicyclic) bond motifs is 4. The molecule has 2 atom stereocenters. The molecule has 0 saturated carbocycles. The Bertz CT molecular complexity index is 2010. The van der Waals surface area contributed by atoms with Crippen molar-refractivity contribution in [2.75, 3.05) is 0 Å². The molecule has 200 valence electrons. The van der Waals surface area contributed by atoms with Gasteiger partial charge in [-0.05, 0) is 21.5 Å². The van der Waals surface area contributed by atoms with E-state index in [1.54, 1.807) is 60.7 Å². The van der Waals surface area contributed by atoms with E-state index in [0.29, 0.717) is 33.4 Å². The average molecular weight is 545 g/mol. The molecule has 2 aliphatic rings. The number of Topliss-reactive ketones (excluding diaryl/α,β-unsaturated/α-hetero) is 2. The number of carbonyl (C=O) groups is 2. The number of carbonyl (C=O) groups excluding carboxylic acids is 2. The van der Waals surface area contributed by atoms with Gasteiger partial charge >= 0.3 is 0 Å². The maximum atomic E-state index is 14.5. The first-order valence-corrected chi connectivity index (χ1v) is 13.9. The third kappa shape index (κ3) is 3.03. The third-order valence-electron chi connectivity index (χ3n) is 8.91. The van der Waals surface area contributed by atoms with E-state index >= 15 is 0 Å². The lowest BCUT2D eigenvalue weighted by Gasteiger charge is -2.33. The maximum Gasteiger partial charge on any atom is 0.193 e. The van der Waals surface area contributed by atoms with Gasteiger partial charge in [0.25, 0.3) is 0 Å². The quantitative estimate of drug-likeness (QED) is 0.234. The minimum atomic E-state index is -2.00. The minimum Gasteiger partial charge on any atom is -0.376 e. The first-order valence-electron chi connectivity index (χ1n) is 13.9. The molecule has 4 nitrogen and oxygen atoms in total. The lowest BCUT2D eigenvalue weighted by Crippen LogP contribution is -2.36. The first kappa shape index (κ1) is 24.6. The molecule has 42 heavy (non-hydrogen) atoms. The summed E-state index contributed by atoms with van der Waals surface area (Å²) in [7, 11) is 0. The van der Waals surface area contributed by atoms with Crippen molar-refractivity contribution in [2.24, 2.45) is 0 Å². The first-order chi connectivity index (χ1) is 20.5. The van der Waals surface area contributed by atoms with E-state index in [2.05, 4.69) is 0 Å². The normalized spacial score (nSPS) is 23.0. The molecule has 0 fully saturated rings. The van der Waals surface area contributed by atoms with Gasteiger partial charge in [-0.1, -0.05) is 133 Å². The van der Waals surface area contributed by atoms with Crippen LogP contribution in [0.3, 0.4) is 0 Å². The predicted molar refractivity (Wildman–Crippen MR) is 162 cm³/mol. The van der Waals surface area contributed by atoms with Crippen LogP contribution in [0.1, 0.15) is 43.0 Å². The van der Waals surface area contributed by atoms with Gasteiger partial charge in [-0.2, -0.15) is 0 Å². The fourth-order valence-corrected chi connectivity index (χ4v) is 7.09. The van der Waals surface area contributed by atoms with Gasteiger partial charge < -0.3 is 10.2 Å². The Morgan fingerprint density at radius 2 is 0.714 bits per heavy atom. The molecule has 0 saturated heterocycles. The summed E-state index contributed by atoms with van der Waals surface area (Å²) in [5, 5.41) is 29.4. The van der Waals surface area contributed by atoms with E-state index in [9.17, 15) is 19.8 Å². The SMILES string of the molecule is O=C1/C(=C2/C(=O)c3ccccc3C2(O)c2cccc3ccccc23)C(O)(c2cccc3ccccc23)c2ccccc21. The number of rotatable bonds is 2. The number of benzene rings is 6. The Morgan fingerprint density at radius 1 is 0.381 bits per heavy atom. The van der Waals surface area contributed by atoms with Gasteiger partial charge in [0.1, 0.15) is 11.2 Å². The van der Waals surface area contributed by atoms with Crippen LogP contribution in [-0.2, 0) is 11.2 Å².